The van der Waals surface area contributed by atoms with Crippen LogP contribution in [0.4, 0.5) is 13.2 Å². The van der Waals surface area contributed by atoms with Crippen LogP contribution in [0.5, 0.6) is 0 Å². The minimum Gasteiger partial charge on any atom is -0.240 e. The fourth-order valence-corrected chi connectivity index (χ4v) is 5.60. The summed E-state index contributed by atoms with van der Waals surface area (Å²) in [6, 6.07) is 20.3. The van der Waals surface area contributed by atoms with Gasteiger partial charge in [0.1, 0.15) is 0 Å². The molecule has 11 heteroatoms. The molecular weight excluding hydrogens is 519 g/mol. The molecule has 1 heterocycles. The summed E-state index contributed by atoms with van der Waals surface area (Å²) in [6.07, 6.45) is -3.04. The zero-order valence-electron chi connectivity index (χ0n) is 18.3. The average Bonchev–Trinajstić information content (AvgIpc) is 3.28. The summed E-state index contributed by atoms with van der Waals surface area (Å²) in [5.74, 6) is -0.189. The quantitative estimate of drug-likeness (QED) is 0.291. The Kier molecular flexibility index (Phi) is 7.25. The lowest BCUT2D eigenvalue weighted by Gasteiger charge is -2.17. The van der Waals surface area contributed by atoms with Crippen molar-refractivity contribution in [3.05, 3.63) is 101 Å². The molecule has 0 radical (unpaired) electrons. The van der Waals surface area contributed by atoms with Gasteiger partial charge in [0.05, 0.1) is 22.7 Å². The Morgan fingerprint density at radius 3 is 2.37 bits per heavy atom. The maximum absolute atomic E-state index is 13.1. The fourth-order valence-electron chi connectivity index (χ4n) is 3.63. The van der Waals surface area contributed by atoms with Gasteiger partial charge in [-0.2, -0.15) is 26.7 Å². The van der Waals surface area contributed by atoms with Crippen LogP contribution < -0.4 is 0 Å². The van der Waals surface area contributed by atoms with Crippen molar-refractivity contribution in [1.29, 1.82) is 0 Å². The maximum atomic E-state index is 13.1. The SMILES string of the molecule is CSC(=NS(=O)(=O)c1cccc(C(F)(F)F)c1)N1CC(c2ccccc2)C(c2ccc(Cl)cc2)=N1. The van der Waals surface area contributed by atoms with E-state index in [0.717, 1.165) is 41.1 Å². The number of hydrogen-bond donors (Lipinski definition) is 0. The number of thioether (sulfide) groups is 1. The average molecular weight is 538 g/mol. The van der Waals surface area contributed by atoms with E-state index in [4.69, 9.17) is 11.6 Å². The molecule has 0 fully saturated rings. The van der Waals surface area contributed by atoms with Gasteiger partial charge >= 0.3 is 6.18 Å². The maximum Gasteiger partial charge on any atom is 0.416 e. The molecule has 3 aromatic rings. The number of amidine groups is 1. The number of sulfonamides is 1. The first-order chi connectivity index (χ1) is 16.6. The predicted molar refractivity (Wildman–Crippen MR) is 133 cm³/mol. The Labute approximate surface area is 210 Å². The van der Waals surface area contributed by atoms with Gasteiger partial charge in [0.15, 0.2) is 5.17 Å². The summed E-state index contributed by atoms with van der Waals surface area (Å²) < 4.78 is 69.0. The number of alkyl halides is 3. The highest BCUT2D eigenvalue weighted by molar-refractivity contribution is 8.13. The Balaban J connectivity index is 1.73. The second-order valence-corrected chi connectivity index (χ2v) is 10.4. The van der Waals surface area contributed by atoms with E-state index in [0.29, 0.717) is 23.3 Å². The highest BCUT2D eigenvalue weighted by atomic mass is 35.5. The van der Waals surface area contributed by atoms with Crippen molar-refractivity contribution in [1.82, 2.24) is 5.01 Å². The Morgan fingerprint density at radius 2 is 1.74 bits per heavy atom. The number of nitrogens with zero attached hydrogens (tertiary/aromatic N) is 3. The molecule has 1 unspecified atom stereocenters. The largest absolute Gasteiger partial charge is 0.416 e. The molecule has 182 valence electrons. The molecule has 0 spiro atoms. The summed E-state index contributed by atoms with van der Waals surface area (Å²) in [7, 11) is -4.42. The van der Waals surface area contributed by atoms with Gasteiger partial charge < -0.3 is 0 Å². The van der Waals surface area contributed by atoms with E-state index >= 15 is 0 Å². The van der Waals surface area contributed by atoms with Crippen LogP contribution in [0.2, 0.25) is 5.02 Å². The van der Waals surface area contributed by atoms with Crippen LogP contribution in [-0.4, -0.2) is 37.1 Å². The van der Waals surface area contributed by atoms with Gasteiger partial charge in [-0.1, -0.05) is 71.9 Å². The van der Waals surface area contributed by atoms with Gasteiger partial charge in [-0.05, 0) is 47.7 Å². The second kappa shape index (κ2) is 10.0. The van der Waals surface area contributed by atoms with Crippen LogP contribution in [0.25, 0.3) is 0 Å². The molecule has 0 bridgehead atoms. The van der Waals surface area contributed by atoms with Crippen molar-refractivity contribution >= 4 is 44.3 Å². The van der Waals surface area contributed by atoms with E-state index in [1.807, 2.05) is 42.5 Å². The summed E-state index contributed by atoms with van der Waals surface area (Å²) in [5.41, 5.74) is 1.43. The minimum absolute atomic E-state index is 0.0484. The number of hydrazone groups is 1. The van der Waals surface area contributed by atoms with Crippen LogP contribution in [-0.2, 0) is 16.2 Å². The van der Waals surface area contributed by atoms with Crippen molar-refractivity contribution in [2.24, 2.45) is 9.50 Å². The Morgan fingerprint density at radius 1 is 1.06 bits per heavy atom. The molecule has 5 nitrogen and oxygen atoms in total. The zero-order chi connectivity index (χ0) is 25.2. The van der Waals surface area contributed by atoms with Crippen LogP contribution in [0.3, 0.4) is 0 Å². The third kappa shape index (κ3) is 5.71. The molecule has 3 aromatic carbocycles. The summed E-state index contributed by atoms with van der Waals surface area (Å²) >= 11 is 7.08. The Hall–Kier alpha value is -2.82. The van der Waals surface area contributed by atoms with Gasteiger partial charge in [0, 0.05) is 10.9 Å². The lowest BCUT2D eigenvalue weighted by molar-refractivity contribution is -0.137. The standard InChI is InChI=1S/C24H19ClF3N3O2S2/c1-34-23(30-35(32,33)20-9-5-8-18(14-20)24(26,27)28)31-15-21(16-6-3-2-4-7-16)22(29-31)17-10-12-19(25)13-11-17/h2-14,21H,15H2,1H3. The molecule has 0 aliphatic carbocycles. The molecule has 4 rings (SSSR count). The van der Waals surface area contributed by atoms with Crippen molar-refractivity contribution in [2.75, 3.05) is 12.8 Å². The summed E-state index contributed by atoms with van der Waals surface area (Å²) in [6.45, 7) is 0.305. The molecule has 0 saturated carbocycles. The lowest BCUT2D eigenvalue weighted by atomic mass is 9.91. The summed E-state index contributed by atoms with van der Waals surface area (Å²) in [4.78, 5) is -0.542. The topological polar surface area (TPSA) is 62.1 Å². The van der Waals surface area contributed by atoms with Crippen molar-refractivity contribution in [3.63, 3.8) is 0 Å². The Bertz CT molecular complexity index is 1380. The van der Waals surface area contributed by atoms with Crippen LogP contribution in [0.15, 0.2) is 93.3 Å². The smallest absolute Gasteiger partial charge is 0.240 e. The molecule has 1 aliphatic rings. The first kappa shape index (κ1) is 25.3. The van der Waals surface area contributed by atoms with Gasteiger partial charge in [-0.25, -0.2) is 5.01 Å². The normalized spacial score (nSPS) is 16.9. The third-order valence-electron chi connectivity index (χ3n) is 5.32. The van der Waals surface area contributed by atoms with E-state index in [9.17, 15) is 21.6 Å². The first-order valence-corrected chi connectivity index (χ1v) is 13.4. The van der Waals surface area contributed by atoms with E-state index in [-0.39, 0.29) is 11.1 Å². The molecular formula is C24H19ClF3N3O2S2. The van der Waals surface area contributed by atoms with Gasteiger partial charge in [0.2, 0.25) is 0 Å². The highest BCUT2D eigenvalue weighted by Gasteiger charge is 2.34. The zero-order valence-corrected chi connectivity index (χ0v) is 20.7. The van der Waals surface area contributed by atoms with Crippen LogP contribution in [0, 0.1) is 0 Å². The van der Waals surface area contributed by atoms with E-state index in [2.05, 4.69) is 9.50 Å². The molecule has 35 heavy (non-hydrogen) atoms. The first-order valence-electron chi connectivity index (χ1n) is 10.3. The van der Waals surface area contributed by atoms with Crippen molar-refractivity contribution in [2.45, 2.75) is 17.0 Å². The fraction of sp³-hybridized carbons (Fsp3) is 0.167. The molecule has 0 saturated heterocycles. The van der Waals surface area contributed by atoms with Gasteiger partial charge in [-0.3, -0.25) is 0 Å². The van der Waals surface area contributed by atoms with E-state index < -0.39 is 26.7 Å². The number of benzene rings is 3. The second-order valence-electron chi connectivity index (χ2n) is 7.62. The third-order valence-corrected chi connectivity index (χ3v) is 7.61. The molecule has 0 N–H and O–H groups in total. The van der Waals surface area contributed by atoms with Gasteiger partial charge in [0.25, 0.3) is 10.0 Å². The molecule has 1 atom stereocenters. The van der Waals surface area contributed by atoms with Crippen LogP contribution >= 0.6 is 23.4 Å². The molecule has 1 aliphatic heterocycles. The number of hydrogen-bond acceptors (Lipinski definition) is 4. The van der Waals surface area contributed by atoms with E-state index in [1.165, 1.54) is 5.01 Å². The van der Waals surface area contributed by atoms with Crippen LogP contribution in [0.1, 0.15) is 22.6 Å². The van der Waals surface area contributed by atoms with Crippen molar-refractivity contribution < 1.29 is 21.6 Å². The molecule has 0 amide bonds. The number of rotatable bonds is 4. The lowest BCUT2D eigenvalue weighted by Crippen LogP contribution is -2.24. The van der Waals surface area contributed by atoms with E-state index in [1.54, 1.807) is 18.4 Å². The van der Waals surface area contributed by atoms with Gasteiger partial charge in [-0.15, -0.1) is 4.40 Å². The molecule has 0 aromatic heterocycles. The monoisotopic (exact) mass is 537 g/mol. The highest BCUT2D eigenvalue weighted by Crippen LogP contribution is 2.33. The summed E-state index contributed by atoms with van der Waals surface area (Å²) in [5, 5.41) is 6.75. The number of halogens is 4. The minimum atomic E-state index is -4.67. The van der Waals surface area contributed by atoms with Crippen molar-refractivity contribution in [3.8, 4) is 0 Å². The predicted octanol–water partition coefficient (Wildman–Crippen LogP) is 6.27.